The van der Waals surface area contributed by atoms with Gasteiger partial charge in [0.15, 0.2) is 0 Å². The number of carbonyl (C=O) groups excluding carboxylic acids is 1. The SMILES string of the molecule is N#Cc1c[nH]c(C(=O)Nc2nc3ccccc3n2C2CCCCC2)c1. The second-order valence-corrected chi connectivity index (χ2v) is 6.45. The molecule has 6 heteroatoms. The summed E-state index contributed by atoms with van der Waals surface area (Å²) in [6, 6.07) is 11.9. The van der Waals surface area contributed by atoms with Crippen LogP contribution in [0.5, 0.6) is 0 Å². The maximum atomic E-state index is 12.6. The zero-order valence-corrected chi connectivity index (χ0v) is 13.8. The Morgan fingerprint density at radius 1 is 1.28 bits per heavy atom. The monoisotopic (exact) mass is 333 g/mol. The van der Waals surface area contributed by atoms with Crippen LogP contribution in [0.3, 0.4) is 0 Å². The van der Waals surface area contributed by atoms with Gasteiger partial charge in [0, 0.05) is 12.2 Å². The average Bonchev–Trinajstić information content (AvgIpc) is 3.26. The highest BCUT2D eigenvalue weighted by molar-refractivity contribution is 6.03. The standard InChI is InChI=1S/C19H19N5O/c20-11-13-10-16(21-12-13)18(25)23-19-22-15-8-4-5-9-17(15)24(19)14-6-2-1-3-7-14/h4-5,8-10,12,14,21H,1-3,6-7H2,(H,22,23,25). The van der Waals surface area contributed by atoms with Crippen molar-refractivity contribution >= 4 is 22.9 Å². The van der Waals surface area contributed by atoms with E-state index in [9.17, 15) is 4.79 Å². The summed E-state index contributed by atoms with van der Waals surface area (Å²) in [5.74, 6) is 0.292. The van der Waals surface area contributed by atoms with Crippen LogP contribution in [0.15, 0.2) is 36.5 Å². The number of anilines is 1. The van der Waals surface area contributed by atoms with Crippen LogP contribution in [0, 0.1) is 11.3 Å². The van der Waals surface area contributed by atoms with Crippen molar-refractivity contribution in [3.05, 3.63) is 47.8 Å². The van der Waals surface area contributed by atoms with Gasteiger partial charge in [-0.3, -0.25) is 10.1 Å². The first-order valence-corrected chi connectivity index (χ1v) is 8.63. The van der Waals surface area contributed by atoms with Crippen LogP contribution in [0.25, 0.3) is 11.0 Å². The second-order valence-electron chi connectivity index (χ2n) is 6.45. The van der Waals surface area contributed by atoms with Crippen LogP contribution in [0.1, 0.15) is 54.2 Å². The van der Waals surface area contributed by atoms with Gasteiger partial charge in [-0.25, -0.2) is 4.98 Å². The molecule has 126 valence electrons. The molecule has 4 rings (SSSR count). The first kappa shape index (κ1) is 15.5. The Bertz CT molecular complexity index is 956. The van der Waals surface area contributed by atoms with Crippen molar-refractivity contribution in [1.29, 1.82) is 5.26 Å². The molecule has 2 N–H and O–H groups in total. The Morgan fingerprint density at radius 2 is 2.08 bits per heavy atom. The van der Waals surface area contributed by atoms with Crippen LogP contribution in [0.4, 0.5) is 5.95 Å². The van der Waals surface area contributed by atoms with Crippen LogP contribution in [0.2, 0.25) is 0 Å². The van der Waals surface area contributed by atoms with Gasteiger partial charge in [-0.1, -0.05) is 31.4 Å². The molecule has 2 heterocycles. The fraction of sp³-hybridized carbons (Fsp3) is 0.316. The summed E-state index contributed by atoms with van der Waals surface area (Å²) in [4.78, 5) is 20.0. The Kier molecular flexibility index (Phi) is 3.98. The summed E-state index contributed by atoms with van der Waals surface area (Å²) in [5, 5.41) is 11.8. The van der Waals surface area contributed by atoms with Crippen LogP contribution in [-0.4, -0.2) is 20.4 Å². The van der Waals surface area contributed by atoms with Crippen molar-refractivity contribution in [3.63, 3.8) is 0 Å². The summed E-state index contributed by atoms with van der Waals surface area (Å²) in [6.07, 6.45) is 7.40. The summed E-state index contributed by atoms with van der Waals surface area (Å²) in [7, 11) is 0. The molecule has 1 aromatic carbocycles. The number of para-hydroxylation sites is 2. The normalized spacial score (nSPS) is 15.2. The molecule has 0 unspecified atom stereocenters. The molecule has 2 aromatic heterocycles. The highest BCUT2D eigenvalue weighted by atomic mass is 16.2. The molecule has 0 saturated heterocycles. The zero-order valence-electron chi connectivity index (χ0n) is 13.8. The molecule has 25 heavy (non-hydrogen) atoms. The molecule has 1 amide bonds. The third kappa shape index (κ3) is 2.89. The van der Waals surface area contributed by atoms with Crippen LogP contribution in [-0.2, 0) is 0 Å². The maximum absolute atomic E-state index is 12.6. The topological polar surface area (TPSA) is 86.5 Å². The molecule has 3 aromatic rings. The van der Waals surface area contributed by atoms with Gasteiger partial charge in [0.1, 0.15) is 11.8 Å². The molecular formula is C19H19N5O. The minimum atomic E-state index is -0.283. The van der Waals surface area contributed by atoms with Crippen molar-refractivity contribution < 1.29 is 4.79 Å². The number of imidazole rings is 1. The number of H-pyrrole nitrogens is 1. The van der Waals surface area contributed by atoms with E-state index >= 15 is 0 Å². The summed E-state index contributed by atoms with van der Waals surface area (Å²) >= 11 is 0. The molecule has 0 bridgehead atoms. The van der Waals surface area contributed by atoms with E-state index in [0.717, 1.165) is 23.9 Å². The first-order chi connectivity index (χ1) is 12.3. The van der Waals surface area contributed by atoms with Gasteiger partial charge in [0.2, 0.25) is 5.95 Å². The number of nitrogens with zero attached hydrogens (tertiary/aromatic N) is 3. The summed E-state index contributed by atoms with van der Waals surface area (Å²) in [5.41, 5.74) is 2.73. The Morgan fingerprint density at radius 3 is 2.84 bits per heavy atom. The fourth-order valence-corrected chi connectivity index (χ4v) is 3.60. The van der Waals surface area contributed by atoms with E-state index in [2.05, 4.69) is 25.9 Å². The van der Waals surface area contributed by atoms with E-state index in [0.29, 0.717) is 23.2 Å². The van der Waals surface area contributed by atoms with E-state index in [1.54, 1.807) is 6.07 Å². The third-order valence-corrected chi connectivity index (χ3v) is 4.82. The van der Waals surface area contributed by atoms with Gasteiger partial charge < -0.3 is 9.55 Å². The zero-order chi connectivity index (χ0) is 17.2. The van der Waals surface area contributed by atoms with Crippen molar-refractivity contribution in [2.45, 2.75) is 38.1 Å². The number of fused-ring (bicyclic) bond motifs is 1. The van der Waals surface area contributed by atoms with Crippen LogP contribution < -0.4 is 5.32 Å². The second kappa shape index (κ2) is 6.44. The lowest BCUT2D eigenvalue weighted by atomic mass is 9.95. The first-order valence-electron chi connectivity index (χ1n) is 8.63. The minimum absolute atomic E-state index is 0.283. The van der Waals surface area contributed by atoms with E-state index in [1.807, 2.05) is 24.3 Å². The number of rotatable bonds is 3. The fourth-order valence-electron chi connectivity index (χ4n) is 3.60. The third-order valence-electron chi connectivity index (χ3n) is 4.82. The lowest BCUT2D eigenvalue weighted by Crippen LogP contribution is -2.20. The van der Waals surface area contributed by atoms with Gasteiger partial charge in [-0.2, -0.15) is 5.26 Å². The number of hydrogen-bond donors (Lipinski definition) is 2. The number of aromatic nitrogens is 3. The van der Waals surface area contributed by atoms with E-state index < -0.39 is 0 Å². The molecule has 0 spiro atoms. The average molecular weight is 333 g/mol. The minimum Gasteiger partial charge on any atom is -0.356 e. The molecule has 6 nitrogen and oxygen atoms in total. The highest BCUT2D eigenvalue weighted by Crippen LogP contribution is 2.34. The Labute approximate surface area is 145 Å². The number of nitriles is 1. The molecule has 0 radical (unpaired) electrons. The predicted octanol–water partition coefficient (Wildman–Crippen LogP) is 3.99. The molecule has 1 saturated carbocycles. The number of benzene rings is 1. The summed E-state index contributed by atoms with van der Waals surface area (Å²) in [6.45, 7) is 0. The lowest BCUT2D eigenvalue weighted by Gasteiger charge is -2.25. The van der Waals surface area contributed by atoms with E-state index in [1.165, 1.54) is 25.5 Å². The van der Waals surface area contributed by atoms with Crippen molar-refractivity contribution in [1.82, 2.24) is 14.5 Å². The number of aromatic amines is 1. The van der Waals surface area contributed by atoms with Crippen LogP contribution >= 0.6 is 0 Å². The van der Waals surface area contributed by atoms with Crippen molar-refractivity contribution in [3.8, 4) is 6.07 Å². The molecule has 0 atom stereocenters. The number of amides is 1. The van der Waals surface area contributed by atoms with Gasteiger partial charge in [0.05, 0.1) is 16.6 Å². The molecular weight excluding hydrogens is 314 g/mol. The number of nitrogens with one attached hydrogen (secondary N) is 2. The van der Waals surface area contributed by atoms with Crippen molar-refractivity contribution in [2.75, 3.05) is 5.32 Å². The number of carbonyl (C=O) groups is 1. The van der Waals surface area contributed by atoms with E-state index in [4.69, 9.17) is 5.26 Å². The predicted molar refractivity (Wildman–Crippen MR) is 95.3 cm³/mol. The smallest absolute Gasteiger partial charge is 0.274 e. The molecule has 0 aliphatic heterocycles. The lowest BCUT2D eigenvalue weighted by molar-refractivity contribution is 0.102. The maximum Gasteiger partial charge on any atom is 0.274 e. The molecule has 1 aliphatic carbocycles. The summed E-state index contributed by atoms with van der Waals surface area (Å²) < 4.78 is 2.17. The Balaban J connectivity index is 1.70. The quantitative estimate of drug-likeness (QED) is 0.759. The van der Waals surface area contributed by atoms with Crippen molar-refractivity contribution in [2.24, 2.45) is 0 Å². The van der Waals surface area contributed by atoms with Gasteiger partial charge in [-0.15, -0.1) is 0 Å². The van der Waals surface area contributed by atoms with E-state index in [-0.39, 0.29) is 5.91 Å². The highest BCUT2D eigenvalue weighted by Gasteiger charge is 2.23. The van der Waals surface area contributed by atoms with Gasteiger partial charge >= 0.3 is 0 Å². The molecule has 1 fully saturated rings. The molecule has 1 aliphatic rings. The van der Waals surface area contributed by atoms with Gasteiger partial charge in [-0.05, 0) is 31.0 Å². The number of hydrogen-bond acceptors (Lipinski definition) is 3. The van der Waals surface area contributed by atoms with Gasteiger partial charge in [0.25, 0.3) is 5.91 Å². The Hall–Kier alpha value is -3.07. The largest absolute Gasteiger partial charge is 0.356 e.